The van der Waals surface area contributed by atoms with Crippen molar-refractivity contribution in [2.24, 2.45) is 4.99 Å². The van der Waals surface area contributed by atoms with E-state index in [0.29, 0.717) is 33.0 Å². The molecule has 0 aliphatic carbocycles. The van der Waals surface area contributed by atoms with E-state index in [4.69, 9.17) is 14.5 Å². The first kappa shape index (κ1) is 29.7. The number of hydrogen-bond donors (Lipinski definition) is 0. The molecule has 2 aromatic heterocycles. The summed E-state index contributed by atoms with van der Waals surface area (Å²) < 4.78 is 15.7. The molecule has 6 rings (SSSR count). The van der Waals surface area contributed by atoms with Crippen LogP contribution in [0.25, 0.3) is 11.8 Å². The number of halogens is 2. The summed E-state index contributed by atoms with van der Waals surface area (Å²) in [6.45, 7) is 2.37. The van der Waals surface area contributed by atoms with Crippen LogP contribution in [0.1, 0.15) is 34.5 Å². The Hall–Kier alpha value is -3.32. The normalized spacial score (nSPS) is 14.8. The Morgan fingerprint density at radius 2 is 1.81 bits per heavy atom. The molecule has 5 aromatic rings. The summed E-state index contributed by atoms with van der Waals surface area (Å²) in [6, 6.07) is 26.6. The summed E-state index contributed by atoms with van der Waals surface area (Å²) >= 11 is 8.63. The Morgan fingerprint density at radius 3 is 2.51 bits per heavy atom. The summed E-state index contributed by atoms with van der Waals surface area (Å²) in [5.74, 6) is 0.196. The van der Waals surface area contributed by atoms with E-state index in [1.54, 1.807) is 11.5 Å². The maximum atomic E-state index is 14.2. The van der Waals surface area contributed by atoms with Gasteiger partial charge in [0.1, 0.15) is 18.4 Å². The van der Waals surface area contributed by atoms with Gasteiger partial charge in [-0.05, 0) is 64.7 Å². The molecule has 0 unspecified atom stereocenters. The SMILES string of the molecule is CCOC(=O)C1=C(c2ccccc2)N=c2s/c(=C\c3cc(Br)cc(I)c3OCc3ccccc3)c(=O)n2[C@@H]1c1cccs1. The number of esters is 1. The highest BCUT2D eigenvalue weighted by Gasteiger charge is 2.35. The second kappa shape index (κ2) is 13.1. The number of thiophene rings is 1. The third-order valence-corrected chi connectivity index (χ3v) is 9.90. The number of fused-ring (bicyclic) bond motifs is 1. The molecule has 0 fully saturated rings. The molecule has 0 saturated carbocycles. The minimum absolute atomic E-state index is 0.208. The largest absolute Gasteiger partial charge is 0.487 e. The third kappa shape index (κ3) is 6.19. The van der Waals surface area contributed by atoms with Gasteiger partial charge in [-0.3, -0.25) is 9.36 Å². The van der Waals surface area contributed by atoms with Crippen LogP contribution < -0.4 is 19.6 Å². The Morgan fingerprint density at radius 1 is 1.07 bits per heavy atom. The Bertz CT molecular complexity index is 2000. The van der Waals surface area contributed by atoms with Gasteiger partial charge in [0, 0.05) is 20.5 Å². The van der Waals surface area contributed by atoms with Crippen molar-refractivity contribution in [3.05, 3.63) is 145 Å². The zero-order valence-corrected chi connectivity index (χ0v) is 28.2. The number of aromatic nitrogens is 1. The van der Waals surface area contributed by atoms with Gasteiger partial charge in [-0.25, -0.2) is 9.79 Å². The molecule has 0 amide bonds. The van der Waals surface area contributed by atoms with Crippen molar-refractivity contribution in [2.45, 2.75) is 19.6 Å². The predicted octanol–water partition coefficient (Wildman–Crippen LogP) is 6.94. The zero-order valence-electron chi connectivity index (χ0n) is 22.8. The van der Waals surface area contributed by atoms with Crippen molar-refractivity contribution in [1.29, 1.82) is 0 Å². The van der Waals surface area contributed by atoms with Gasteiger partial charge in [-0.2, -0.15) is 0 Å². The molecule has 1 aliphatic rings. The van der Waals surface area contributed by atoms with Crippen LogP contribution in [0.3, 0.4) is 0 Å². The second-order valence-electron chi connectivity index (χ2n) is 9.53. The molecular formula is C33H24BrIN2O4S2. The van der Waals surface area contributed by atoms with Crippen molar-refractivity contribution >= 4 is 78.9 Å². The van der Waals surface area contributed by atoms with Gasteiger partial charge in [0.2, 0.25) is 0 Å². The van der Waals surface area contributed by atoms with Gasteiger partial charge in [0.05, 0.1) is 26.0 Å². The van der Waals surface area contributed by atoms with E-state index in [1.807, 2.05) is 96.4 Å². The monoisotopic (exact) mass is 782 g/mol. The van der Waals surface area contributed by atoms with Crippen LogP contribution in [0.2, 0.25) is 0 Å². The fourth-order valence-electron chi connectivity index (χ4n) is 4.87. The van der Waals surface area contributed by atoms with Gasteiger partial charge in [-0.1, -0.05) is 94.0 Å². The fourth-order valence-corrected chi connectivity index (χ4v) is 8.39. The van der Waals surface area contributed by atoms with Crippen LogP contribution >= 0.6 is 61.2 Å². The lowest BCUT2D eigenvalue weighted by atomic mass is 9.97. The molecule has 6 nitrogen and oxygen atoms in total. The maximum absolute atomic E-state index is 14.2. The minimum atomic E-state index is -0.677. The molecule has 0 bridgehead atoms. The van der Waals surface area contributed by atoms with Crippen molar-refractivity contribution < 1.29 is 14.3 Å². The van der Waals surface area contributed by atoms with Gasteiger partial charge in [0.25, 0.3) is 5.56 Å². The van der Waals surface area contributed by atoms with E-state index >= 15 is 0 Å². The maximum Gasteiger partial charge on any atom is 0.338 e. The molecule has 10 heteroatoms. The lowest BCUT2D eigenvalue weighted by molar-refractivity contribution is -0.138. The number of nitrogens with zero attached hydrogens (tertiary/aromatic N) is 2. The van der Waals surface area contributed by atoms with E-state index in [1.165, 1.54) is 22.7 Å². The number of carbonyl (C=O) groups is 1. The van der Waals surface area contributed by atoms with E-state index in [9.17, 15) is 9.59 Å². The predicted molar refractivity (Wildman–Crippen MR) is 183 cm³/mol. The number of hydrogen-bond acceptors (Lipinski definition) is 7. The van der Waals surface area contributed by atoms with Gasteiger partial charge < -0.3 is 9.47 Å². The Kier molecular flexibility index (Phi) is 9.08. The number of ether oxygens (including phenoxy) is 2. The summed E-state index contributed by atoms with van der Waals surface area (Å²) in [6.07, 6.45) is 1.85. The average molecular weight is 784 g/mol. The molecular weight excluding hydrogens is 759 g/mol. The first-order chi connectivity index (χ1) is 20.9. The van der Waals surface area contributed by atoms with Gasteiger partial charge >= 0.3 is 5.97 Å². The lowest BCUT2D eigenvalue weighted by Crippen LogP contribution is -2.39. The molecule has 3 aromatic carbocycles. The summed E-state index contributed by atoms with van der Waals surface area (Å²) in [5.41, 5.74) is 3.21. The molecule has 0 saturated heterocycles. The van der Waals surface area contributed by atoms with E-state index in [2.05, 4.69) is 38.5 Å². The number of rotatable bonds is 8. The van der Waals surface area contributed by atoms with Crippen LogP contribution in [0.15, 0.2) is 110 Å². The zero-order chi connectivity index (χ0) is 29.9. The number of carbonyl (C=O) groups excluding carboxylic acids is 1. The van der Waals surface area contributed by atoms with Crippen molar-refractivity contribution in [2.75, 3.05) is 6.61 Å². The molecule has 3 heterocycles. The quantitative estimate of drug-likeness (QED) is 0.126. The Labute approximate surface area is 277 Å². The van der Waals surface area contributed by atoms with Crippen molar-refractivity contribution in [1.82, 2.24) is 4.57 Å². The summed E-state index contributed by atoms with van der Waals surface area (Å²) in [5, 5.41) is 1.94. The lowest BCUT2D eigenvalue weighted by Gasteiger charge is -2.24. The second-order valence-corrected chi connectivity index (χ2v) is 13.6. The molecule has 216 valence electrons. The summed E-state index contributed by atoms with van der Waals surface area (Å²) in [4.78, 5) is 34.0. The van der Waals surface area contributed by atoms with Crippen molar-refractivity contribution in [3.63, 3.8) is 0 Å². The van der Waals surface area contributed by atoms with Crippen LogP contribution in [0.4, 0.5) is 0 Å². The van der Waals surface area contributed by atoms with Gasteiger partial charge in [-0.15, -0.1) is 11.3 Å². The first-order valence-corrected chi connectivity index (χ1v) is 17.0. The highest BCUT2D eigenvalue weighted by molar-refractivity contribution is 14.1. The molecule has 1 atom stereocenters. The highest BCUT2D eigenvalue weighted by atomic mass is 127. The van der Waals surface area contributed by atoms with E-state index in [0.717, 1.165) is 29.6 Å². The topological polar surface area (TPSA) is 69.9 Å². The molecule has 0 N–H and O–H groups in total. The van der Waals surface area contributed by atoms with Crippen LogP contribution in [-0.4, -0.2) is 17.1 Å². The molecule has 0 radical (unpaired) electrons. The molecule has 1 aliphatic heterocycles. The van der Waals surface area contributed by atoms with Gasteiger partial charge in [0.15, 0.2) is 4.80 Å². The minimum Gasteiger partial charge on any atom is -0.487 e. The molecule has 0 spiro atoms. The third-order valence-electron chi connectivity index (χ3n) is 6.74. The number of thiazole rings is 1. The van der Waals surface area contributed by atoms with Crippen LogP contribution in [0, 0.1) is 3.57 Å². The first-order valence-electron chi connectivity index (χ1n) is 13.4. The highest BCUT2D eigenvalue weighted by Crippen LogP contribution is 2.37. The van der Waals surface area contributed by atoms with Crippen LogP contribution in [-0.2, 0) is 16.1 Å². The fraction of sp³-hybridized carbons (Fsp3) is 0.121. The van der Waals surface area contributed by atoms with Crippen molar-refractivity contribution in [3.8, 4) is 5.75 Å². The van der Waals surface area contributed by atoms with Crippen LogP contribution in [0.5, 0.6) is 5.75 Å². The number of benzene rings is 3. The summed E-state index contributed by atoms with van der Waals surface area (Å²) in [7, 11) is 0. The Balaban J connectivity index is 1.55. The average Bonchev–Trinajstić information content (AvgIpc) is 3.65. The van der Waals surface area contributed by atoms with E-state index in [-0.39, 0.29) is 12.2 Å². The van der Waals surface area contributed by atoms with E-state index < -0.39 is 12.0 Å². The standard InChI is InChI=1S/C33H24BrIN2O4S2/c1-2-40-32(39)27-28(21-12-7-4-8-13-21)36-33-37(29(27)25-14-9-15-42-25)31(38)26(43-33)17-22-16-23(34)18-24(35)30(22)41-19-20-10-5-3-6-11-20/h3-18,29H,2,19H2,1H3/b26-17-/t29-/m1/s1. The smallest absolute Gasteiger partial charge is 0.338 e. The molecule has 43 heavy (non-hydrogen) atoms.